The van der Waals surface area contributed by atoms with Crippen LogP contribution in [0.3, 0.4) is 0 Å². The number of aryl methyl sites for hydroxylation is 1. The van der Waals surface area contributed by atoms with Gasteiger partial charge in [-0.3, -0.25) is 9.59 Å². The summed E-state index contributed by atoms with van der Waals surface area (Å²) in [5, 5.41) is 11.2. The molecule has 0 spiro atoms. The fourth-order valence-electron chi connectivity index (χ4n) is 1.51. The third kappa shape index (κ3) is 4.59. The Hall–Kier alpha value is -2.08. The number of carbonyl (C=O) groups excluding carboxylic acids is 1. The summed E-state index contributed by atoms with van der Waals surface area (Å²) in [5.41, 5.74) is 6.97. The average Bonchev–Trinajstić information content (AvgIpc) is 2.32. The largest absolute Gasteiger partial charge is 0.492 e. The Kier molecular flexibility index (Phi) is 5.32. The van der Waals surface area contributed by atoms with Gasteiger partial charge in [-0.1, -0.05) is 6.07 Å². The van der Waals surface area contributed by atoms with Gasteiger partial charge in [-0.05, 0) is 31.5 Å². The van der Waals surface area contributed by atoms with Crippen LogP contribution in [-0.2, 0) is 9.59 Å². The summed E-state index contributed by atoms with van der Waals surface area (Å²) in [6.45, 7) is 4.21. The minimum atomic E-state index is -1.11. The average molecular weight is 266 g/mol. The maximum Gasteiger partial charge on any atom is 0.305 e. The number of nitrogens with one attached hydrogen (secondary N) is 1. The number of rotatable bonds is 6. The van der Waals surface area contributed by atoms with Gasteiger partial charge in [-0.25, -0.2) is 0 Å². The van der Waals surface area contributed by atoms with Crippen molar-refractivity contribution in [2.45, 2.75) is 26.3 Å². The van der Waals surface area contributed by atoms with E-state index in [1.807, 2.05) is 19.9 Å². The molecular weight excluding hydrogens is 248 g/mol. The maximum atomic E-state index is 11.7. The zero-order valence-electron chi connectivity index (χ0n) is 11.0. The number of aliphatic carboxylic acids is 1. The molecule has 0 saturated carbocycles. The standard InChI is InChI=1S/C13H18N2O4/c1-3-19-11-6-8(2)4-5-10(11)15-13(18)9(14)7-12(16)17/h4-6,9H,3,7,14H2,1-2H3,(H,15,18)(H,16,17). The van der Waals surface area contributed by atoms with Crippen molar-refractivity contribution in [3.8, 4) is 5.75 Å². The lowest BCUT2D eigenvalue weighted by Crippen LogP contribution is -2.37. The molecule has 1 amide bonds. The molecule has 0 fully saturated rings. The summed E-state index contributed by atoms with van der Waals surface area (Å²) in [4.78, 5) is 22.2. The van der Waals surface area contributed by atoms with Gasteiger partial charge in [0, 0.05) is 0 Å². The number of carbonyl (C=O) groups is 2. The van der Waals surface area contributed by atoms with Crippen LogP contribution in [0.1, 0.15) is 18.9 Å². The van der Waals surface area contributed by atoms with Crippen molar-refractivity contribution in [2.24, 2.45) is 5.73 Å². The van der Waals surface area contributed by atoms with Gasteiger partial charge in [0.25, 0.3) is 0 Å². The number of hydrogen-bond donors (Lipinski definition) is 3. The Morgan fingerprint density at radius 1 is 1.47 bits per heavy atom. The molecule has 1 unspecified atom stereocenters. The highest BCUT2D eigenvalue weighted by Gasteiger charge is 2.18. The van der Waals surface area contributed by atoms with E-state index in [1.165, 1.54) is 0 Å². The Balaban J connectivity index is 2.81. The summed E-state index contributed by atoms with van der Waals surface area (Å²) < 4.78 is 5.41. The molecule has 1 aromatic carbocycles. The number of nitrogens with two attached hydrogens (primary N) is 1. The second-order valence-corrected chi connectivity index (χ2v) is 4.13. The lowest BCUT2D eigenvalue weighted by molar-refractivity contribution is -0.138. The Morgan fingerprint density at radius 3 is 2.74 bits per heavy atom. The predicted molar refractivity (Wildman–Crippen MR) is 71.2 cm³/mol. The van der Waals surface area contributed by atoms with Crippen LogP contribution in [0.5, 0.6) is 5.75 Å². The Bertz CT molecular complexity index is 474. The lowest BCUT2D eigenvalue weighted by Gasteiger charge is -2.14. The molecule has 1 atom stereocenters. The van der Waals surface area contributed by atoms with Crippen molar-refractivity contribution < 1.29 is 19.4 Å². The van der Waals surface area contributed by atoms with Crippen molar-refractivity contribution in [1.82, 2.24) is 0 Å². The van der Waals surface area contributed by atoms with Crippen molar-refractivity contribution in [1.29, 1.82) is 0 Å². The normalized spacial score (nSPS) is 11.7. The fourth-order valence-corrected chi connectivity index (χ4v) is 1.51. The minimum Gasteiger partial charge on any atom is -0.492 e. The molecule has 6 heteroatoms. The number of hydrogen-bond acceptors (Lipinski definition) is 4. The fraction of sp³-hybridized carbons (Fsp3) is 0.385. The first kappa shape index (κ1) is 15.0. The second kappa shape index (κ2) is 6.75. The highest BCUT2D eigenvalue weighted by atomic mass is 16.5. The molecule has 1 aromatic rings. The summed E-state index contributed by atoms with van der Waals surface area (Å²) >= 11 is 0. The van der Waals surface area contributed by atoms with Gasteiger partial charge in [0.2, 0.25) is 5.91 Å². The van der Waals surface area contributed by atoms with Crippen molar-refractivity contribution >= 4 is 17.6 Å². The number of benzene rings is 1. The van der Waals surface area contributed by atoms with Crippen molar-refractivity contribution in [2.75, 3.05) is 11.9 Å². The molecule has 0 aliphatic rings. The van der Waals surface area contributed by atoms with E-state index < -0.39 is 24.3 Å². The van der Waals surface area contributed by atoms with Crippen LogP contribution in [0.15, 0.2) is 18.2 Å². The van der Waals surface area contributed by atoms with E-state index >= 15 is 0 Å². The minimum absolute atomic E-state index is 0.415. The van der Waals surface area contributed by atoms with Crippen LogP contribution >= 0.6 is 0 Å². The van der Waals surface area contributed by atoms with Crippen molar-refractivity contribution in [3.63, 3.8) is 0 Å². The topological polar surface area (TPSA) is 102 Å². The molecule has 104 valence electrons. The Labute approximate surface area is 111 Å². The van der Waals surface area contributed by atoms with Gasteiger partial charge in [-0.15, -0.1) is 0 Å². The first-order valence-electron chi connectivity index (χ1n) is 5.95. The van der Waals surface area contributed by atoms with E-state index in [1.54, 1.807) is 12.1 Å². The van der Waals surface area contributed by atoms with Crippen LogP contribution in [0.2, 0.25) is 0 Å². The van der Waals surface area contributed by atoms with E-state index in [4.69, 9.17) is 15.6 Å². The number of anilines is 1. The molecule has 1 rings (SSSR count). The van der Waals surface area contributed by atoms with Gasteiger partial charge in [0.1, 0.15) is 5.75 Å². The summed E-state index contributed by atoms with van der Waals surface area (Å²) in [6.07, 6.45) is -0.415. The maximum absolute atomic E-state index is 11.7. The number of ether oxygens (including phenoxy) is 1. The van der Waals surface area contributed by atoms with Gasteiger partial charge in [0.05, 0.1) is 24.8 Å². The van der Waals surface area contributed by atoms with E-state index in [-0.39, 0.29) is 0 Å². The zero-order valence-corrected chi connectivity index (χ0v) is 11.0. The molecule has 0 saturated heterocycles. The molecule has 0 radical (unpaired) electrons. The molecule has 0 aromatic heterocycles. The first-order valence-corrected chi connectivity index (χ1v) is 5.95. The van der Waals surface area contributed by atoms with Crippen LogP contribution in [0, 0.1) is 6.92 Å². The number of carboxylic acids is 1. The van der Waals surface area contributed by atoms with E-state index in [0.717, 1.165) is 5.56 Å². The second-order valence-electron chi connectivity index (χ2n) is 4.13. The zero-order chi connectivity index (χ0) is 14.4. The molecule has 6 nitrogen and oxygen atoms in total. The van der Waals surface area contributed by atoms with E-state index in [2.05, 4.69) is 5.32 Å². The molecule has 0 bridgehead atoms. The smallest absolute Gasteiger partial charge is 0.305 e. The Morgan fingerprint density at radius 2 is 2.16 bits per heavy atom. The van der Waals surface area contributed by atoms with Gasteiger partial charge in [0.15, 0.2) is 0 Å². The van der Waals surface area contributed by atoms with Crippen molar-refractivity contribution in [3.05, 3.63) is 23.8 Å². The third-order valence-electron chi connectivity index (χ3n) is 2.43. The highest BCUT2D eigenvalue weighted by Crippen LogP contribution is 2.25. The van der Waals surface area contributed by atoms with E-state index in [9.17, 15) is 9.59 Å². The number of amides is 1. The summed E-state index contributed by atoms with van der Waals surface area (Å²) in [5.74, 6) is -1.12. The van der Waals surface area contributed by atoms with Crippen LogP contribution in [-0.4, -0.2) is 29.6 Å². The quantitative estimate of drug-likeness (QED) is 0.716. The van der Waals surface area contributed by atoms with Gasteiger partial charge < -0.3 is 20.9 Å². The van der Waals surface area contributed by atoms with Crippen LogP contribution in [0.25, 0.3) is 0 Å². The predicted octanol–water partition coefficient (Wildman–Crippen LogP) is 1.13. The third-order valence-corrected chi connectivity index (χ3v) is 2.43. The highest BCUT2D eigenvalue weighted by molar-refractivity contribution is 5.97. The molecule has 0 aliphatic heterocycles. The SMILES string of the molecule is CCOc1cc(C)ccc1NC(=O)C(N)CC(=O)O. The molecular formula is C13H18N2O4. The first-order chi connectivity index (χ1) is 8.93. The monoisotopic (exact) mass is 266 g/mol. The van der Waals surface area contributed by atoms with E-state index in [0.29, 0.717) is 18.0 Å². The van der Waals surface area contributed by atoms with Gasteiger partial charge in [-0.2, -0.15) is 0 Å². The molecule has 19 heavy (non-hydrogen) atoms. The van der Waals surface area contributed by atoms with Crippen LogP contribution < -0.4 is 15.8 Å². The molecule has 4 N–H and O–H groups in total. The molecule has 0 aliphatic carbocycles. The van der Waals surface area contributed by atoms with Crippen LogP contribution in [0.4, 0.5) is 5.69 Å². The summed E-state index contributed by atoms with van der Waals surface area (Å²) in [7, 11) is 0. The lowest BCUT2D eigenvalue weighted by atomic mass is 10.1. The number of carboxylic acid groups (broad SMARTS) is 1. The summed E-state index contributed by atoms with van der Waals surface area (Å²) in [6, 6.07) is 4.22. The molecule has 0 heterocycles. The van der Waals surface area contributed by atoms with Gasteiger partial charge >= 0.3 is 5.97 Å².